The maximum absolute atomic E-state index is 12.8. The molecule has 0 radical (unpaired) electrons. The Morgan fingerprint density at radius 1 is 0.735 bits per heavy atom. The summed E-state index contributed by atoms with van der Waals surface area (Å²) in [6.07, 6.45) is 0.720. The van der Waals surface area contributed by atoms with E-state index in [4.69, 9.17) is 18.9 Å². The van der Waals surface area contributed by atoms with Crippen LogP contribution in [0, 0.1) is 0 Å². The second-order valence-corrected chi connectivity index (χ2v) is 7.88. The second kappa shape index (κ2) is 11.9. The summed E-state index contributed by atoms with van der Waals surface area (Å²) in [5.74, 6) is 0.448. The van der Waals surface area contributed by atoms with E-state index in [1.165, 1.54) is 0 Å². The zero-order valence-electron chi connectivity index (χ0n) is 19.8. The molecule has 0 bridgehead atoms. The average molecular weight is 464 g/mol. The van der Waals surface area contributed by atoms with Crippen LogP contribution in [0.25, 0.3) is 0 Å². The molecule has 0 fully saturated rings. The Hall–Kier alpha value is -3.84. The minimum absolute atomic E-state index is 0.156. The molecule has 178 valence electrons. The van der Waals surface area contributed by atoms with Gasteiger partial charge in [-0.15, -0.1) is 0 Å². The van der Waals surface area contributed by atoms with Gasteiger partial charge in [0.15, 0.2) is 11.5 Å². The maximum Gasteiger partial charge on any atom is 0.343 e. The Balaban J connectivity index is 1.82. The van der Waals surface area contributed by atoms with Crippen LogP contribution in [0.5, 0.6) is 23.0 Å². The van der Waals surface area contributed by atoms with Gasteiger partial charge in [-0.25, -0.2) is 9.59 Å². The predicted molar refractivity (Wildman–Crippen MR) is 129 cm³/mol. The minimum Gasteiger partial charge on any atom is -0.497 e. The molecule has 0 atom stereocenters. The molecule has 0 aliphatic carbocycles. The molecular weight excluding hydrogens is 434 g/mol. The lowest BCUT2D eigenvalue weighted by Crippen LogP contribution is -2.25. The van der Waals surface area contributed by atoms with E-state index in [0.717, 1.165) is 18.5 Å². The molecule has 0 saturated carbocycles. The van der Waals surface area contributed by atoms with Gasteiger partial charge in [0.2, 0.25) is 0 Å². The van der Waals surface area contributed by atoms with Crippen molar-refractivity contribution in [2.75, 3.05) is 20.8 Å². The van der Waals surface area contributed by atoms with Crippen LogP contribution in [-0.2, 0) is 6.42 Å². The van der Waals surface area contributed by atoms with Gasteiger partial charge in [0.05, 0.1) is 25.3 Å². The molecule has 3 aromatic rings. The number of benzene rings is 3. The van der Waals surface area contributed by atoms with Crippen LogP contribution in [0.1, 0.15) is 40.1 Å². The van der Waals surface area contributed by atoms with Crippen LogP contribution in [0.3, 0.4) is 0 Å². The van der Waals surface area contributed by atoms with Crippen molar-refractivity contribution in [2.45, 2.75) is 26.3 Å². The highest BCUT2D eigenvalue weighted by Gasteiger charge is 2.17. The SMILES string of the molecule is COc1ccc(C(=O)Oc2ccc(CCNC(C)C)cc2OC(=O)c2ccc(OC)cc2)cc1. The van der Waals surface area contributed by atoms with Gasteiger partial charge >= 0.3 is 11.9 Å². The van der Waals surface area contributed by atoms with Gasteiger partial charge in [-0.1, -0.05) is 19.9 Å². The fraction of sp³-hybridized carbons (Fsp3) is 0.259. The van der Waals surface area contributed by atoms with E-state index in [9.17, 15) is 9.59 Å². The predicted octanol–water partition coefficient (Wildman–Crippen LogP) is 4.68. The van der Waals surface area contributed by atoms with E-state index in [2.05, 4.69) is 19.2 Å². The van der Waals surface area contributed by atoms with Crippen LogP contribution < -0.4 is 24.3 Å². The standard InChI is InChI=1S/C27H29NO6/c1-18(2)28-16-15-19-5-14-24(33-26(29)20-6-10-22(31-3)11-7-20)25(17-19)34-27(30)21-8-12-23(32-4)13-9-21/h5-14,17-18,28H,15-16H2,1-4H3. The van der Waals surface area contributed by atoms with Gasteiger partial charge in [0.25, 0.3) is 0 Å². The number of hydrogen-bond donors (Lipinski definition) is 1. The molecule has 0 aromatic heterocycles. The molecule has 34 heavy (non-hydrogen) atoms. The molecule has 0 aliphatic rings. The van der Waals surface area contributed by atoms with Crippen LogP contribution in [-0.4, -0.2) is 38.7 Å². The lowest BCUT2D eigenvalue weighted by molar-refractivity contribution is 0.0682. The number of hydrogen-bond acceptors (Lipinski definition) is 7. The van der Waals surface area contributed by atoms with Crippen LogP contribution >= 0.6 is 0 Å². The van der Waals surface area contributed by atoms with Crippen LogP contribution in [0.2, 0.25) is 0 Å². The molecule has 3 rings (SSSR count). The monoisotopic (exact) mass is 463 g/mol. The molecule has 0 amide bonds. The molecule has 1 N–H and O–H groups in total. The van der Waals surface area contributed by atoms with E-state index >= 15 is 0 Å². The number of nitrogens with one attached hydrogen (secondary N) is 1. The van der Waals surface area contributed by atoms with Crippen molar-refractivity contribution in [2.24, 2.45) is 0 Å². The van der Waals surface area contributed by atoms with Crippen molar-refractivity contribution in [1.82, 2.24) is 5.32 Å². The van der Waals surface area contributed by atoms with Gasteiger partial charge in [-0.2, -0.15) is 0 Å². The van der Waals surface area contributed by atoms with Gasteiger partial charge in [0, 0.05) is 6.04 Å². The van der Waals surface area contributed by atoms with Gasteiger partial charge < -0.3 is 24.3 Å². The number of rotatable bonds is 10. The largest absolute Gasteiger partial charge is 0.497 e. The Morgan fingerprint density at radius 2 is 1.24 bits per heavy atom. The lowest BCUT2D eigenvalue weighted by Gasteiger charge is -2.13. The zero-order chi connectivity index (χ0) is 24.5. The van der Waals surface area contributed by atoms with Gasteiger partial charge in [-0.05, 0) is 79.2 Å². The normalized spacial score (nSPS) is 10.6. The third kappa shape index (κ3) is 6.83. The van der Waals surface area contributed by atoms with Crippen molar-refractivity contribution in [3.63, 3.8) is 0 Å². The van der Waals surface area contributed by atoms with E-state index < -0.39 is 11.9 Å². The van der Waals surface area contributed by atoms with E-state index in [1.807, 2.05) is 6.07 Å². The van der Waals surface area contributed by atoms with Gasteiger partial charge in [-0.3, -0.25) is 0 Å². The minimum atomic E-state index is -0.571. The fourth-order valence-electron chi connectivity index (χ4n) is 3.15. The number of ether oxygens (including phenoxy) is 4. The third-order valence-corrected chi connectivity index (χ3v) is 5.03. The summed E-state index contributed by atoms with van der Waals surface area (Å²) in [6, 6.07) is 18.7. The lowest BCUT2D eigenvalue weighted by atomic mass is 10.1. The first-order chi connectivity index (χ1) is 16.4. The Kier molecular flexibility index (Phi) is 8.65. The van der Waals surface area contributed by atoms with E-state index in [0.29, 0.717) is 28.7 Å². The zero-order valence-corrected chi connectivity index (χ0v) is 19.8. The Morgan fingerprint density at radius 3 is 1.71 bits per heavy atom. The summed E-state index contributed by atoms with van der Waals surface area (Å²) in [6.45, 7) is 4.90. The van der Waals surface area contributed by atoms with Crippen molar-refractivity contribution < 1.29 is 28.5 Å². The molecule has 3 aromatic carbocycles. The number of esters is 2. The van der Waals surface area contributed by atoms with Gasteiger partial charge in [0.1, 0.15) is 11.5 Å². The highest BCUT2D eigenvalue weighted by atomic mass is 16.6. The van der Waals surface area contributed by atoms with Crippen LogP contribution in [0.4, 0.5) is 0 Å². The van der Waals surface area contributed by atoms with Crippen molar-refractivity contribution >= 4 is 11.9 Å². The van der Waals surface area contributed by atoms with Crippen molar-refractivity contribution in [1.29, 1.82) is 0 Å². The summed E-state index contributed by atoms with van der Waals surface area (Å²) in [7, 11) is 3.10. The van der Waals surface area contributed by atoms with Crippen LogP contribution in [0.15, 0.2) is 66.7 Å². The third-order valence-electron chi connectivity index (χ3n) is 5.03. The molecule has 0 saturated heterocycles. The number of carbonyl (C=O) groups is 2. The highest BCUT2D eigenvalue weighted by Crippen LogP contribution is 2.30. The first kappa shape index (κ1) is 24.8. The number of carbonyl (C=O) groups excluding carboxylic acids is 2. The molecule has 0 aliphatic heterocycles. The van der Waals surface area contributed by atoms with Crippen molar-refractivity contribution in [3.8, 4) is 23.0 Å². The molecule has 0 heterocycles. The topological polar surface area (TPSA) is 83.1 Å². The summed E-state index contributed by atoms with van der Waals surface area (Å²) in [5, 5.41) is 3.35. The highest BCUT2D eigenvalue weighted by molar-refractivity contribution is 5.93. The molecule has 7 heteroatoms. The summed E-state index contributed by atoms with van der Waals surface area (Å²) in [4.78, 5) is 25.5. The fourth-order valence-corrected chi connectivity index (χ4v) is 3.15. The summed E-state index contributed by atoms with van der Waals surface area (Å²) >= 11 is 0. The molecule has 7 nitrogen and oxygen atoms in total. The Labute approximate surface area is 199 Å². The first-order valence-corrected chi connectivity index (χ1v) is 11.0. The average Bonchev–Trinajstić information content (AvgIpc) is 2.85. The molecule has 0 unspecified atom stereocenters. The van der Waals surface area contributed by atoms with E-state index in [1.54, 1.807) is 74.9 Å². The second-order valence-electron chi connectivity index (χ2n) is 7.88. The molecule has 0 spiro atoms. The molecular formula is C27H29NO6. The first-order valence-electron chi connectivity index (χ1n) is 11.0. The van der Waals surface area contributed by atoms with E-state index in [-0.39, 0.29) is 11.5 Å². The van der Waals surface area contributed by atoms with Crippen molar-refractivity contribution in [3.05, 3.63) is 83.4 Å². The summed E-state index contributed by atoms with van der Waals surface area (Å²) < 4.78 is 21.5. The smallest absolute Gasteiger partial charge is 0.343 e. The summed E-state index contributed by atoms with van der Waals surface area (Å²) in [5.41, 5.74) is 1.63. The quantitative estimate of drug-likeness (QED) is 0.345. The Bertz CT molecular complexity index is 1110. The maximum atomic E-state index is 12.8. The number of methoxy groups -OCH3 is 2.